The van der Waals surface area contributed by atoms with E-state index in [0.29, 0.717) is 5.69 Å². The number of fused-ring (bicyclic) bond motifs is 1. The number of hydrogen-bond acceptors (Lipinski definition) is 4. The van der Waals surface area contributed by atoms with E-state index >= 15 is 0 Å². The molecular formula is C20H16N4OS. The fourth-order valence-corrected chi connectivity index (χ4v) is 3.44. The number of hydrogen-bond donors (Lipinski definition) is 2. The number of H-pyrrole nitrogens is 1. The zero-order valence-corrected chi connectivity index (χ0v) is 14.7. The number of nitrogens with one attached hydrogen (secondary N) is 2. The normalized spacial score (nSPS) is 10.8. The van der Waals surface area contributed by atoms with Crippen LogP contribution in [-0.4, -0.2) is 21.1 Å². The van der Waals surface area contributed by atoms with E-state index in [4.69, 9.17) is 0 Å². The SMILES string of the molecule is O=C(Nc1ccc(SCc2cccnc2)cc1)c1n[nH]c2ccccc12. The van der Waals surface area contributed by atoms with Gasteiger partial charge in [0.25, 0.3) is 5.91 Å². The van der Waals surface area contributed by atoms with Crippen LogP contribution in [0.3, 0.4) is 0 Å². The Labute approximate surface area is 154 Å². The maximum absolute atomic E-state index is 12.5. The number of amides is 1. The molecule has 0 saturated carbocycles. The molecule has 0 saturated heterocycles. The number of anilines is 1. The van der Waals surface area contributed by atoms with Gasteiger partial charge in [0.15, 0.2) is 5.69 Å². The summed E-state index contributed by atoms with van der Waals surface area (Å²) < 4.78 is 0. The lowest BCUT2D eigenvalue weighted by Gasteiger charge is -2.06. The van der Waals surface area contributed by atoms with Crippen molar-refractivity contribution in [3.63, 3.8) is 0 Å². The van der Waals surface area contributed by atoms with Crippen molar-refractivity contribution in [3.8, 4) is 0 Å². The first-order valence-corrected chi connectivity index (χ1v) is 9.14. The van der Waals surface area contributed by atoms with E-state index in [1.54, 1.807) is 18.0 Å². The summed E-state index contributed by atoms with van der Waals surface area (Å²) in [4.78, 5) is 17.7. The number of para-hydroxylation sites is 1. The first-order chi connectivity index (χ1) is 12.8. The van der Waals surface area contributed by atoms with E-state index in [0.717, 1.165) is 27.2 Å². The molecule has 0 radical (unpaired) electrons. The molecule has 26 heavy (non-hydrogen) atoms. The highest BCUT2D eigenvalue weighted by Gasteiger charge is 2.13. The van der Waals surface area contributed by atoms with Crippen LogP contribution in [0.1, 0.15) is 16.1 Å². The molecule has 128 valence electrons. The smallest absolute Gasteiger partial charge is 0.276 e. The van der Waals surface area contributed by atoms with Crippen LogP contribution in [0.5, 0.6) is 0 Å². The fraction of sp³-hybridized carbons (Fsp3) is 0.0500. The van der Waals surface area contributed by atoms with Crippen LogP contribution in [0.2, 0.25) is 0 Å². The quantitative estimate of drug-likeness (QED) is 0.514. The van der Waals surface area contributed by atoms with Crippen molar-refractivity contribution >= 4 is 34.3 Å². The lowest BCUT2D eigenvalue weighted by molar-refractivity contribution is 0.102. The molecule has 4 aromatic rings. The minimum absolute atomic E-state index is 0.224. The van der Waals surface area contributed by atoms with Crippen molar-refractivity contribution in [3.05, 3.63) is 84.3 Å². The summed E-state index contributed by atoms with van der Waals surface area (Å²) in [5, 5.41) is 10.7. The standard InChI is InChI=1S/C20H16N4OS/c25-20(19-17-5-1-2-6-18(17)23-24-19)22-15-7-9-16(10-8-15)26-13-14-4-3-11-21-12-14/h1-12H,13H2,(H,22,25)(H,23,24). The van der Waals surface area contributed by atoms with Crippen molar-refractivity contribution in [1.82, 2.24) is 15.2 Å². The van der Waals surface area contributed by atoms with E-state index in [1.807, 2.05) is 60.8 Å². The molecule has 1 amide bonds. The van der Waals surface area contributed by atoms with Gasteiger partial charge < -0.3 is 5.32 Å². The third kappa shape index (κ3) is 3.60. The fourth-order valence-electron chi connectivity index (χ4n) is 2.61. The number of benzene rings is 2. The van der Waals surface area contributed by atoms with E-state index in [1.165, 1.54) is 5.56 Å². The van der Waals surface area contributed by atoms with Crippen molar-refractivity contribution < 1.29 is 4.79 Å². The lowest BCUT2D eigenvalue weighted by atomic mass is 10.2. The second-order valence-corrected chi connectivity index (χ2v) is 6.80. The zero-order valence-electron chi connectivity index (χ0n) is 13.8. The van der Waals surface area contributed by atoms with Gasteiger partial charge in [-0.25, -0.2) is 0 Å². The van der Waals surface area contributed by atoms with Crippen LogP contribution in [0.25, 0.3) is 10.9 Å². The first-order valence-electron chi connectivity index (χ1n) is 8.16. The van der Waals surface area contributed by atoms with Gasteiger partial charge in [0, 0.05) is 34.1 Å². The molecule has 0 bridgehead atoms. The molecule has 0 unspecified atom stereocenters. The minimum atomic E-state index is -0.224. The Morgan fingerprint density at radius 3 is 2.69 bits per heavy atom. The van der Waals surface area contributed by atoms with Crippen LogP contribution in [-0.2, 0) is 5.75 Å². The van der Waals surface area contributed by atoms with Gasteiger partial charge in [-0.1, -0.05) is 24.3 Å². The Bertz CT molecular complexity index is 1030. The Balaban J connectivity index is 1.41. The van der Waals surface area contributed by atoms with Gasteiger partial charge in [0.2, 0.25) is 0 Å². The second-order valence-electron chi connectivity index (χ2n) is 5.75. The van der Waals surface area contributed by atoms with E-state index < -0.39 is 0 Å². The molecule has 6 heteroatoms. The Morgan fingerprint density at radius 1 is 1.04 bits per heavy atom. The molecule has 2 heterocycles. The third-order valence-electron chi connectivity index (χ3n) is 3.93. The largest absolute Gasteiger partial charge is 0.321 e. The summed E-state index contributed by atoms with van der Waals surface area (Å²) in [7, 11) is 0. The maximum atomic E-state index is 12.5. The Kier molecular flexibility index (Phi) is 4.66. The minimum Gasteiger partial charge on any atom is -0.321 e. The Hall–Kier alpha value is -3.12. The summed E-state index contributed by atoms with van der Waals surface area (Å²) in [6.07, 6.45) is 3.64. The van der Waals surface area contributed by atoms with Gasteiger partial charge in [-0.15, -0.1) is 11.8 Å². The molecule has 4 rings (SSSR count). The number of pyridine rings is 1. The molecule has 2 aromatic heterocycles. The predicted molar refractivity (Wildman–Crippen MR) is 104 cm³/mol. The summed E-state index contributed by atoms with van der Waals surface area (Å²) >= 11 is 1.73. The average molecular weight is 360 g/mol. The van der Waals surface area contributed by atoms with Crippen LogP contribution in [0.15, 0.2) is 78.0 Å². The van der Waals surface area contributed by atoms with Crippen molar-refractivity contribution in [2.45, 2.75) is 10.6 Å². The molecule has 0 fully saturated rings. The van der Waals surface area contributed by atoms with Gasteiger partial charge in [0.1, 0.15) is 0 Å². The summed E-state index contributed by atoms with van der Waals surface area (Å²) in [5.41, 5.74) is 3.17. The molecule has 5 nitrogen and oxygen atoms in total. The van der Waals surface area contributed by atoms with Crippen molar-refractivity contribution in [1.29, 1.82) is 0 Å². The number of rotatable bonds is 5. The second kappa shape index (κ2) is 7.41. The topological polar surface area (TPSA) is 70.7 Å². The van der Waals surface area contributed by atoms with Crippen molar-refractivity contribution in [2.24, 2.45) is 0 Å². The summed E-state index contributed by atoms with van der Waals surface area (Å²) in [6, 6.07) is 19.4. The predicted octanol–water partition coefficient (Wildman–Crippen LogP) is 4.50. The van der Waals surface area contributed by atoms with Crippen LogP contribution >= 0.6 is 11.8 Å². The third-order valence-corrected chi connectivity index (χ3v) is 5.01. The number of nitrogens with zero attached hydrogens (tertiary/aromatic N) is 2. The van der Waals surface area contributed by atoms with Crippen molar-refractivity contribution in [2.75, 3.05) is 5.32 Å². The van der Waals surface area contributed by atoms with E-state index in [2.05, 4.69) is 26.6 Å². The highest BCUT2D eigenvalue weighted by atomic mass is 32.2. The highest BCUT2D eigenvalue weighted by Crippen LogP contribution is 2.24. The number of carbonyl (C=O) groups is 1. The lowest BCUT2D eigenvalue weighted by Crippen LogP contribution is -2.12. The highest BCUT2D eigenvalue weighted by molar-refractivity contribution is 7.98. The number of aromatic nitrogens is 3. The first kappa shape index (κ1) is 16.4. The monoisotopic (exact) mass is 360 g/mol. The molecule has 2 aromatic carbocycles. The molecule has 0 aliphatic carbocycles. The van der Waals surface area contributed by atoms with Crippen LogP contribution in [0.4, 0.5) is 5.69 Å². The van der Waals surface area contributed by atoms with Crippen LogP contribution in [0, 0.1) is 0 Å². The number of aromatic amines is 1. The Morgan fingerprint density at radius 2 is 1.88 bits per heavy atom. The van der Waals surface area contributed by atoms with Gasteiger partial charge in [-0.3, -0.25) is 14.9 Å². The molecule has 0 atom stereocenters. The molecular weight excluding hydrogens is 344 g/mol. The van der Waals surface area contributed by atoms with E-state index in [-0.39, 0.29) is 5.91 Å². The average Bonchev–Trinajstić information content (AvgIpc) is 3.12. The molecule has 2 N–H and O–H groups in total. The van der Waals surface area contributed by atoms with Gasteiger partial charge in [-0.2, -0.15) is 5.10 Å². The van der Waals surface area contributed by atoms with Gasteiger partial charge in [0.05, 0.1) is 5.52 Å². The molecule has 0 spiro atoms. The molecule has 0 aliphatic rings. The van der Waals surface area contributed by atoms with E-state index in [9.17, 15) is 4.79 Å². The summed E-state index contributed by atoms with van der Waals surface area (Å²) in [5.74, 6) is 0.636. The van der Waals surface area contributed by atoms with Gasteiger partial charge >= 0.3 is 0 Å². The van der Waals surface area contributed by atoms with Gasteiger partial charge in [-0.05, 0) is 42.0 Å². The maximum Gasteiger partial charge on any atom is 0.276 e. The summed E-state index contributed by atoms with van der Waals surface area (Å²) in [6.45, 7) is 0. The number of carbonyl (C=O) groups excluding carboxylic acids is 1. The zero-order chi connectivity index (χ0) is 17.8. The number of thioether (sulfide) groups is 1. The van der Waals surface area contributed by atoms with Crippen LogP contribution < -0.4 is 5.32 Å². The molecule has 0 aliphatic heterocycles.